The SMILES string of the molecule is CCN(Cc1cc(F)ccc1F)C(=O)C1=NCc2ncnc(N[C@@H]3CCC[C@H]3O)c21. The summed E-state index contributed by atoms with van der Waals surface area (Å²) in [6.45, 7) is 2.22. The number of halogens is 2. The van der Waals surface area contributed by atoms with E-state index in [1.807, 2.05) is 0 Å². The molecule has 158 valence electrons. The maximum absolute atomic E-state index is 14.1. The first-order valence-corrected chi connectivity index (χ1v) is 10.0. The Balaban J connectivity index is 1.59. The van der Waals surface area contributed by atoms with Crippen molar-refractivity contribution in [2.45, 2.75) is 51.4 Å². The van der Waals surface area contributed by atoms with Crippen molar-refractivity contribution in [3.63, 3.8) is 0 Å². The van der Waals surface area contributed by atoms with Crippen LogP contribution in [0.5, 0.6) is 0 Å². The second kappa shape index (κ2) is 8.43. The van der Waals surface area contributed by atoms with Gasteiger partial charge in [-0.25, -0.2) is 18.7 Å². The van der Waals surface area contributed by atoms with Crippen LogP contribution in [0, 0.1) is 11.6 Å². The van der Waals surface area contributed by atoms with Crippen molar-refractivity contribution < 1.29 is 18.7 Å². The van der Waals surface area contributed by atoms with E-state index in [-0.39, 0.29) is 30.4 Å². The molecular formula is C21H23F2N5O2. The monoisotopic (exact) mass is 415 g/mol. The number of nitrogens with one attached hydrogen (secondary N) is 1. The van der Waals surface area contributed by atoms with Gasteiger partial charge in [-0.2, -0.15) is 0 Å². The summed E-state index contributed by atoms with van der Waals surface area (Å²) < 4.78 is 27.6. The van der Waals surface area contributed by atoms with Gasteiger partial charge in [-0.05, 0) is 44.4 Å². The van der Waals surface area contributed by atoms with Crippen molar-refractivity contribution in [3.8, 4) is 0 Å². The van der Waals surface area contributed by atoms with Gasteiger partial charge in [-0.3, -0.25) is 9.79 Å². The lowest BCUT2D eigenvalue weighted by Crippen LogP contribution is -2.37. The highest BCUT2D eigenvalue weighted by Gasteiger charge is 2.33. The predicted octanol–water partition coefficient (Wildman–Crippen LogP) is 2.43. The van der Waals surface area contributed by atoms with Gasteiger partial charge in [0.2, 0.25) is 0 Å². The number of aliphatic hydroxyl groups is 1. The molecule has 2 atom stereocenters. The van der Waals surface area contributed by atoms with Crippen LogP contribution in [0.3, 0.4) is 0 Å². The van der Waals surface area contributed by atoms with E-state index in [9.17, 15) is 18.7 Å². The molecule has 30 heavy (non-hydrogen) atoms. The first-order chi connectivity index (χ1) is 14.5. The summed E-state index contributed by atoms with van der Waals surface area (Å²) in [6, 6.07) is 3.03. The van der Waals surface area contributed by atoms with E-state index >= 15 is 0 Å². The molecule has 1 aromatic carbocycles. The predicted molar refractivity (Wildman–Crippen MR) is 107 cm³/mol. The molecule has 1 aromatic heterocycles. The Bertz CT molecular complexity index is 997. The van der Waals surface area contributed by atoms with E-state index < -0.39 is 23.6 Å². The summed E-state index contributed by atoms with van der Waals surface area (Å²) in [7, 11) is 0. The van der Waals surface area contributed by atoms with Gasteiger partial charge < -0.3 is 15.3 Å². The van der Waals surface area contributed by atoms with Gasteiger partial charge >= 0.3 is 0 Å². The number of likely N-dealkylation sites (N-methyl/N-ethyl adjacent to an activating group) is 1. The Kier molecular flexibility index (Phi) is 5.72. The lowest BCUT2D eigenvalue weighted by atomic mass is 10.1. The van der Waals surface area contributed by atoms with Crippen LogP contribution in [0.2, 0.25) is 0 Å². The molecule has 2 aromatic rings. The van der Waals surface area contributed by atoms with Crippen LogP contribution in [0.4, 0.5) is 14.6 Å². The second-order valence-corrected chi connectivity index (χ2v) is 7.51. The van der Waals surface area contributed by atoms with Crippen LogP contribution in [0.25, 0.3) is 0 Å². The Labute approximate surface area is 172 Å². The molecule has 0 bridgehead atoms. The number of anilines is 1. The largest absolute Gasteiger partial charge is 0.391 e. The zero-order valence-corrected chi connectivity index (χ0v) is 16.6. The number of carbonyl (C=O) groups is 1. The number of rotatable bonds is 6. The van der Waals surface area contributed by atoms with Gasteiger partial charge in [0.25, 0.3) is 5.91 Å². The third-order valence-electron chi connectivity index (χ3n) is 5.59. The summed E-state index contributed by atoms with van der Waals surface area (Å²) in [4.78, 5) is 27.5. The van der Waals surface area contributed by atoms with Gasteiger partial charge in [0, 0.05) is 18.7 Å². The summed E-state index contributed by atoms with van der Waals surface area (Å²) in [6.07, 6.45) is 3.37. The molecule has 0 spiro atoms. The van der Waals surface area contributed by atoms with Crippen molar-refractivity contribution in [1.29, 1.82) is 0 Å². The molecule has 1 fully saturated rings. The number of nitrogens with zero attached hydrogens (tertiary/aromatic N) is 4. The molecule has 4 rings (SSSR count). The van der Waals surface area contributed by atoms with Gasteiger partial charge in [-0.15, -0.1) is 0 Å². The smallest absolute Gasteiger partial charge is 0.273 e. The average molecular weight is 415 g/mol. The zero-order chi connectivity index (χ0) is 21.3. The van der Waals surface area contributed by atoms with E-state index in [0.29, 0.717) is 30.0 Å². The number of hydrogen-bond donors (Lipinski definition) is 2. The van der Waals surface area contributed by atoms with E-state index in [4.69, 9.17) is 0 Å². The van der Waals surface area contributed by atoms with Crippen LogP contribution in [-0.2, 0) is 17.9 Å². The molecule has 1 aliphatic heterocycles. The molecule has 0 radical (unpaired) electrons. The first-order valence-electron chi connectivity index (χ1n) is 10.0. The third-order valence-corrected chi connectivity index (χ3v) is 5.59. The van der Waals surface area contributed by atoms with Crippen molar-refractivity contribution in [2.75, 3.05) is 11.9 Å². The van der Waals surface area contributed by atoms with Crippen molar-refractivity contribution >= 4 is 17.4 Å². The van der Waals surface area contributed by atoms with E-state index in [1.54, 1.807) is 6.92 Å². The molecule has 0 saturated heterocycles. The van der Waals surface area contributed by atoms with Gasteiger partial charge in [0.15, 0.2) is 0 Å². The molecule has 2 N–H and O–H groups in total. The standard InChI is InChI=1S/C21H23F2N5O2/c1-2-28(10-12-8-13(22)6-7-14(12)23)21(30)19-18-16(9-24-19)25-11-26-20(18)27-15-4-3-5-17(15)29/h6-8,11,15,17,29H,2-5,9-10H2,1H3,(H,25,26,27)/t15-,17-/m1/s1. The summed E-state index contributed by atoms with van der Waals surface area (Å²) in [5.41, 5.74) is 1.43. The Hall–Kier alpha value is -2.94. The molecule has 2 heterocycles. The molecule has 7 nitrogen and oxygen atoms in total. The van der Waals surface area contributed by atoms with Crippen molar-refractivity contribution in [1.82, 2.24) is 14.9 Å². The minimum absolute atomic E-state index is 0.0783. The number of aliphatic imine (C=N–C) groups is 1. The van der Waals surface area contributed by atoms with Gasteiger partial charge in [0.1, 0.15) is 29.5 Å². The lowest BCUT2D eigenvalue weighted by Gasteiger charge is -2.23. The fraction of sp³-hybridized carbons (Fsp3) is 0.429. The normalized spacial score (nSPS) is 20.1. The fourth-order valence-electron chi connectivity index (χ4n) is 3.94. The van der Waals surface area contributed by atoms with Crippen molar-refractivity contribution in [2.24, 2.45) is 4.99 Å². The van der Waals surface area contributed by atoms with Crippen LogP contribution >= 0.6 is 0 Å². The molecule has 1 saturated carbocycles. The van der Waals surface area contributed by atoms with E-state index in [2.05, 4.69) is 20.3 Å². The second-order valence-electron chi connectivity index (χ2n) is 7.51. The zero-order valence-electron chi connectivity index (χ0n) is 16.6. The Morgan fingerprint density at radius 3 is 2.87 bits per heavy atom. The van der Waals surface area contributed by atoms with Crippen LogP contribution in [0.15, 0.2) is 29.5 Å². The van der Waals surface area contributed by atoms with Crippen molar-refractivity contribution in [3.05, 3.63) is 53.0 Å². The summed E-state index contributed by atoms with van der Waals surface area (Å²) in [5, 5.41) is 13.4. The van der Waals surface area contributed by atoms with Crippen LogP contribution in [-0.4, -0.2) is 50.3 Å². The maximum atomic E-state index is 14.1. The quantitative estimate of drug-likeness (QED) is 0.756. The highest BCUT2D eigenvalue weighted by molar-refractivity contribution is 6.47. The highest BCUT2D eigenvalue weighted by atomic mass is 19.1. The number of hydrogen-bond acceptors (Lipinski definition) is 6. The fourth-order valence-corrected chi connectivity index (χ4v) is 3.94. The average Bonchev–Trinajstić information content (AvgIpc) is 3.35. The molecular weight excluding hydrogens is 392 g/mol. The Morgan fingerprint density at radius 1 is 1.30 bits per heavy atom. The van der Waals surface area contributed by atoms with E-state index in [0.717, 1.165) is 31.0 Å². The number of carbonyl (C=O) groups excluding carboxylic acids is 1. The first kappa shape index (κ1) is 20.3. The summed E-state index contributed by atoms with van der Waals surface area (Å²) >= 11 is 0. The van der Waals surface area contributed by atoms with Gasteiger partial charge in [-0.1, -0.05) is 0 Å². The topological polar surface area (TPSA) is 90.7 Å². The number of benzene rings is 1. The van der Waals surface area contributed by atoms with Crippen LogP contribution < -0.4 is 5.32 Å². The molecule has 9 heteroatoms. The summed E-state index contributed by atoms with van der Waals surface area (Å²) in [5.74, 6) is -1.07. The van der Waals surface area contributed by atoms with Gasteiger partial charge in [0.05, 0.1) is 29.9 Å². The number of aliphatic hydroxyl groups excluding tert-OH is 1. The lowest BCUT2D eigenvalue weighted by molar-refractivity contribution is -0.124. The molecule has 2 aliphatic rings. The molecule has 0 unspecified atom stereocenters. The molecule has 1 amide bonds. The van der Waals surface area contributed by atoms with E-state index in [1.165, 1.54) is 11.2 Å². The van der Waals surface area contributed by atoms with Crippen LogP contribution in [0.1, 0.15) is 43.0 Å². The third kappa shape index (κ3) is 3.89. The minimum Gasteiger partial charge on any atom is -0.391 e. The Morgan fingerprint density at radius 2 is 2.13 bits per heavy atom. The number of aromatic nitrogens is 2. The minimum atomic E-state index is -0.572. The highest BCUT2D eigenvalue weighted by Crippen LogP contribution is 2.28. The molecule has 1 aliphatic carbocycles. The number of amides is 1. The maximum Gasteiger partial charge on any atom is 0.273 e. The number of fused-ring (bicyclic) bond motifs is 1.